The number of aromatic nitrogens is 3. The van der Waals surface area contributed by atoms with Gasteiger partial charge in [0.1, 0.15) is 11.6 Å². The van der Waals surface area contributed by atoms with E-state index in [1.165, 1.54) is 54.6 Å². The van der Waals surface area contributed by atoms with Crippen LogP contribution in [0, 0.1) is 5.82 Å². The first-order chi connectivity index (χ1) is 16.5. The van der Waals surface area contributed by atoms with E-state index in [1.54, 1.807) is 12.1 Å². The molecule has 1 aromatic heterocycles. The van der Waals surface area contributed by atoms with Gasteiger partial charge in [0.05, 0.1) is 12.3 Å². The van der Waals surface area contributed by atoms with Crippen LogP contribution in [0.3, 0.4) is 0 Å². The predicted octanol–water partition coefficient (Wildman–Crippen LogP) is 4.72. The van der Waals surface area contributed by atoms with Gasteiger partial charge in [-0.2, -0.15) is 8.78 Å². The SMILES string of the molecule is O=C(CSc1nnc(CN2CCCCC2)n1-c1ccc(F)cc1)Nc1ccc(OC(F)F)cc1. The first kappa shape index (κ1) is 24.1. The van der Waals surface area contributed by atoms with E-state index in [2.05, 4.69) is 25.2 Å². The first-order valence-electron chi connectivity index (χ1n) is 10.9. The number of hydrogen-bond donors (Lipinski definition) is 1. The van der Waals surface area contributed by atoms with Crippen molar-refractivity contribution in [2.24, 2.45) is 0 Å². The highest BCUT2D eigenvalue weighted by molar-refractivity contribution is 7.99. The number of thioether (sulfide) groups is 1. The summed E-state index contributed by atoms with van der Waals surface area (Å²) in [6.45, 7) is -0.315. The normalized spacial score (nSPS) is 14.4. The van der Waals surface area contributed by atoms with Crippen LogP contribution in [-0.4, -0.2) is 51.0 Å². The number of ether oxygens (including phenoxy) is 1. The number of carbonyl (C=O) groups excluding carboxylic acids is 1. The number of amides is 1. The van der Waals surface area contributed by atoms with Gasteiger partial charge in [-0.3, -0.25) is 14.3 Å². The van der Waals surface area contributed by atoms with Gasteiger partial charge in [-0.1, -0.05) is 18.2 Å². The van der Waals surface area contributed by atoms with Gasteiger partial charge in [0, 0.05) is 11.4 Å². The molecule has 11 heteroatoms. The second-order valence-electron chi connectivity index (χ2n) is 7.79. The topological polar surface area (TPSA) is 72.3 Å². The molecule has 1 amide bonds. The van der Waals surface area contributed by atoms with Crippen molar-refractivity contribution < 1.29 is 22.7 Å². The molecule has 3 aromatic rings. The zero-order valence-corrected chi connectivity index (χ0v) is 19.1. The molecule has 7 nitrogen and oxygen atoms in total. The number of likely N-dealkylation sites (tertiary alicyclic amines) is 1. The third kappa shape index (κ3) is 6.51. The molecule has 4 rings (SSSR count). The number of halogens is 3. The number of piperidine rings is 1. The summed E-state index contributed by atoms with van der Waals surface area (Å²) in [5, 5.41) is 11.9. The summed E-state index contributed by atoms with van der Waals surface area (Å²) in [5.74, 6) is 0.159. The van der Waals surface area contributed by atoms with Gasteiger partial charge in [0.15, 0.2) is 11.0 Å². The van der Waals surface area contributed by atoms with Gasteiger partial charge in [-0.05, 0) is 74.5 Å². The monoisotopic (exact) mass is 491 g/mol. The van der Waals surface area contributed by atoms with Crippen molar-refractivity contribution in [2.45, 2.75) is 37.6 Å². The maximum atomic E-state index is 13.5. The van der Waals surface area contributed by atoms with Crippen LogP contribution >= 0.6 is 11.8 Å². The number of hydrogen-bond acceptors (Lipinski definition) is 6. The fraction of sp³-hybridized carbons (Fsp3) is 0.348. The van der Waals surface area contributed by atoms with E-state index < -0.39 is 6.61 Å². The molecule has 180 valence electrons. The van der Waals surface area contributed by atoms with E-state index in [0.717, 1.165) is 37.4 Å². The highest BCUT2D eigenvalue weighted by atomic mass is 32.2. The Morgan fingerprint density at radius 3 is 2.41 bits per heavy atom. The summed E-state index contributed by atoms with van der Waals surface area (Å²) in [7, 11) is 0. The largest absolute Gasteiger partial charge is 0.435 e. The lowest BCUT2D eigenvalue weighted by atomic mass is 10.1. The number of nitrogens with one attached hydrogen (secondary N) is 1. The molecule has 1 N–H and O–H groups in total. The molecule has 0 unspecified atom stereocenters. The van der Waals surface area contributed by atoms with Gasteiger partial charge >= 0.3 is 6.61 Å². The van der Waals surface area contributed by atoms with Crippen molar-refractivity contribution in [3.05, 3.63) is 60.2 Å². The Morgan fingerprint density at radius 1 is 1.03 bits per heavy atom. The second kappa shape index (κ2) is 11.4. The average molecular weight is 492 g/mol. The van der Waals surface area contributed by atoms with E-state index in [0.29, 0.717) is 17.4 Å². The molecule has 0 atom stereocenters. The molecule has 2 heterocycles. The van der Waals surface area contributed by atoms with Crippen molar-refractivity contribution >= 4 is 23.4 Å². The maximum absolute atomic E-state index is 13.5. The Morgan fingerprint density at radius 2 is 1.74 bits per heavy atom. The van der Waals surface area contributed by atoms with Crippen molar-refractivity contribution in [1.29, 1.82) is 0 Å². The van der Waals surface area contributed by atoms with Crippen LogP contribution in [-0.2, 0) is 11.3 Å². The van der Waals surface area contributed by atoms with Crippen LogP contribution in [0.4, 0.5) is 18.9 Å². The minimum atomic E-state index is -2.91. The number of nitrogens with zero attached hydrogens (tertiary/aromatic N) is 4. The van der Waals surface area contributed by atoms with Gasteiger partial charge in [-0.25, -0.2) is 4.39 Å². The number of benzene rings is 2. The Hall–Kier alpha value is -3.05. The number of rotatable bonds is 9. The molecule has 1 aliphatic rings. The molecular formula is C23H24F3N5O2S. The van der Waals surface area contributed by atoms with E-state index in [9.17, 15) is 18.0 Å². The van der Waals surface area contributed by atoms with Crippen molar-refractivity contribution in [2.75, 3.05) is 24.2 Å². The Labute approximate surface area is 199 Å². The minimum absolute atomic E-state index is 0.0102. The Bertz CT molecular complexity index is 1090. The van der Waals surface area contributed by atoms with E-state index >= 15 is 0 Å². The number of anilines is 1. The van der Waals surface area contributed by atoms with Crippen LogP contribution in [0.15, 0.2) is 53.7 Å². The van der Waals surface area contributed by atoms with Gasteiger partial charge < -0.3 is 10.1 Å². The zero-order valence-electron chi connectivity index (χ0n) is 18.3. The second-order valence-corrected chi connectivity index (χ2v) is 8.73. The zero-order chi connectivity index (χ0) is 23.9. The highest BCUT2D eigenvalue weighted by Crippen LogP contribution is 2.25. The molecule has 0 bridgehead atoms. The van der Waals surface area contributed by atoms with Crippen LogP contribution < -0.4 is 10.1 Å². The van der Waals surface area contributed by atoms with Crippen LogP contribution in [0.25, 0.3) is 5.69 Å². The lowest BCUT2D eigenvalue weighted by Crippen LogP contribution is -2.30. The standard InChI is InChI=1S/C23H24F3N5O2S/c24-16-4-8-18(9-5-16)31-20(14-30-12-2-1-3-13-30)28-29-23(31)34-15-21(32)27-17-6-10-19(11-7-17)33-22(25)26/h4-11,22H,1-3,12-15H2,(H,27,32). The van der Waals surface area contributed by atoms with Crippen molar-refractivity contribution in [3.8, 4) is 11.4 Å². The molecule has 1 aliphatic heterocycles. The predicted molar refractivity (Wildman–Crippen MR) is 123 cm³/mol. The number of alkyl halides is 2. The first-order valence-corrected chi connectivity index (χ1v) is 11.9. The summed E-state index contributed by atoms with van der Waals surface area (Å²) in [6, 6.07) is 11.7. The van der Waals surface area contributed by atoms with Crippen LogP contribution in [0.5, 0.6) is 5.75 Å². The molecule has 1 saturated heterocycles. The summed E-state index contributed by atoms with van der Waals surface area (Å²) >= 11 is 1.21. The molecular weight excluding hydrogens is 467 g/mol. The molecule has 0 radical (unpaired) electrons. The smallest absolute Gasteiger partial charge is 0.387 e. The average Bonchev–Trinajstić information content (AvgIpc) is 3.22. The molecule has 0 aliphatic carbocycles. The molecule has 0 saturated carbocycles. The van der Waals surface area contributed by atoms with E-state index in [4.69, 9.17) is 0 Å². The van der Waals surface area contributed by atoms with Crippen LogP contribution in [0.1, 0.15) is 25.1 Å². The van der Waals surface area contributed by atoms with E-state index in [1.807, 2.05) is 4.57 Å². The van der Waals surface area contributed by atoms with Crippen molar-refractivity contribution in [3.63, 3.8) is 0 Å². The summed E-state index contributed by atoms with van der Waals surface area (Å²) in [5.41, 5.74) is 1.17. The summed E-state index contributed by atoms with van der Waals surface area (Å²) in [6.07, 6.45) is 3.50. The lowest BCUT2D eigenvalue weighted by Gasteiger charge is -2.26. The summed E-state index contributed by atoms with van der Waals surface area (Å²) in [4.78, 5) is 14.8. The maximum Gasteiger partial charge on any atom is 0.387 e. The number of carbonyl (C=O) groups is 1. The minimum Gasteiger partial charge on any atom is -0.435 e. The van der Waals surface area contributed by atoms with Crippen molar-refractivity contribution in [1.82, 2.24) is 19.7 Å². The fourth-order valence-corrected chi connectivity index (χ4v) is 4.48. The third-order valence-electron chi connectivity index (χ3n) is 5.29. The molecule has 0 spiro atoms. The summed E-state index contributed by atoms with van der Waals surface area (Å²) < 4.78 is 44.2. The van der Waals surface area contributed by atoms with Gasteiger partial charge in [-0.15, -0.1) is 10.2 Å². The Kier molecular flexibility index (Phi) is 8.07. The molecule has 1 fully saturated rings. The molecule has 2 aromatic carbocycles. The lowest BCUT2D eigenvalue weighted by molar-refractivity contribution is -0.113. The van der Waals surface area contributed by atoms with Gasteiger partial charge in [0.2, 0.25) is 5.91 Å². The Balaban J connectivity index is 1.44. The third-order valence-corrected chi connectivity index (χ3v) is 6.22. The fourth-order valence-electron chi connectivity index (χ4n) is 3.71. The van der Waals surface area contributed by atoms with Gasteiger partial charge in [0.25, 0.3) is 0 Å². The van der Waals surface area contributed by atoms with Crippen LogP contribution in [0.2, 0.25) is 0 Å². The quantitative estimate of drug-likeness (QED) is 0.437. The molecule has 34 heavy (non-hydrogen) atoms. The highest BCUT2D eigenvalue weighted by Gasteiger charge is 2.19. The van der Waals surface area contributed by atoms with E-state index in [-0.39, 0.29) is 23.2 Å².